The third-order valence-electron chi connectivity index (χ3n) is 6.33. The van der Waals surface area contributed by atoms with E-state index in [1.807, 2.05) is 13.8 Å². The highest BCUT2D eigenvalue weighted by atomic mass is 32.2. The molecule has 0 aliphatic rings. The van der Waals surface area contributed by atoms with Crippen LogP contribution in [0.5, 0.6) is 0 Å². The number of nitrogens with two attached hydrogens (primary N) is 3. The number of rotatable bonds is 17. The predicted octanol–water partition coefficient (Wildman–Crippen LogP) is 0.690. The number of aliphatic carboxylic acids is 1. The van der Waals surface area contributed by atoms with Crippen molar-refractivity contribution in [3.8, 4) is 0 Å². The average molecular weight is 658 g/mol. The highest BCUT2D eigenvalue weighted by Gasteiger charge is 2.28. The number of thioether (sulfide) groups is 1. The van der Waals surface area contributed by atoms with Gasteiger partial charge in [-0.25, -0.2) is 0 Å². The van der Waals surface area contributed by atoms with Crippen molar-refractivity contribution in [1.82, 2.24) is 16.0 Å². The number of unbranched alkanes of at least 4 members (excludes halogenated alkanes) is 1. The van der Waals surface area contributed by atoms with Crippen molar-refractivity contribution in [3.63, 3.8) is 0 Å². The number of amides is 4. The number of carbonyl (C=O) groups excluding carboxylic acids is 5. The molecular weight excluding hydrogens is 610 g/mol. The van der Waals surface area contributed by atoms with E-state index in [1.165, 1.54) is 12.1 Å². The third-order valence-corrected chi connectivity index (χ3v) is 7.13. The summed E-state index contributed by atoms with van der Waals surface area (Å²) in [5, 5.41) is 27.4. The molecule has 1 aromatic rings. The summed E-state index contributed by atoms with van der Waals surface area (Å²) in [7, 11) is 0. The van der Waals surface area contributed by atoms with Gasteiger partial charge < -0.3 is 43.1 Å². The molecule has 45 heavy (non-hydrogen) atoms. The van der Waals surface area contributed by atoms with Gasteiger partial charge in [-0.1, -0.05) is 13.8 Å². The van der Waals surface area contributed by atoms with Crippen molar-refractivity contribution in [2.45, 2.75) is 82.3 Å². The number of carbonyl (C=O) groups is 6. The van der Waals surface area contributed by atoms with Crippen LogP contribution in [0.3, 0.4) is 0 Å². The first kappa shape index (κ1) is 43.0. The highest BCUT2D eigenvalue weighted by molar-refractivity contribution is 7.98. The minimum atomic E-state index is -1.34. The molecule has 0 aliphatic heterocycles. The summed E-state index contributed by atoms with van der Waals surface area (Å²) in [6, 6.07) is 1.31. The van der Waals surface area contributed by atoms with Crippen LogP contribution in [-0.4, -0.2) is 83.4 Å². The Kier molecular flexibility index (Phi) is 22.3. The summed E-state index contributed by atoms with van der Waals surface area (Å²) in [6.45, 7) is 8.44. The molecule has 4 amide bonds. The molecule has 0 saturated carbocycles. The van der Waals surface area contributed by atoms with Crippen LogP contribution in [0.1, 0.15) is 70.2 Å². The molecule has 2 atom stereocenters. The van der Waals surface area contributed by atoms with Crippen LogP contribution in [0.15, 0.2) is 23.1 Å². The Hall–Kier alpha value is -4.09. The highest BCUT2D eigenvalue weighted by Crippen LogP contribution is 2.25. The Balaban J connectivity index is 0. The monoisotopic (exact) mass is 657 g/mol. The molecule has 1 rings (SSSR count). The molecule has 0 aromatic heterocycles. The van der Waals surface area contributed by atoms with Crippen molar-refractivity contribution >= 4 is 53.8 Å². The number of hydrogen-bond acceptors (Lipinski definition) is 11. The third kappa shape index (κ3) is 19.0. The quantitative estimate of drug-likeness (QED) is 0.0400. The van der Waals surface area contributed by atoms with E-state index in [2.05, 4.69) is 35.5 Å². The van der Waals surface area contributed by atoms with E-state index in [9.17, 15) is 34.1 Å². The first-order valence-corrected chi connectivity index (χ1v) is 15.2. The molecule has 0 fully saturated rings. The summed E-state index contributed by atoms with van der Waals surface area (Å²) < 4.78 is 0. The Bertz CT molecular complexity index is 1130. The zero-order chi connectivity index (χ0) is 35.2. The van der Waals surface area contributed by atoms with Crippen LogP contribution >= 0.6 is 11.8 Å². The van der Waals surface area contributed by atoms with Gasteiger partial charge in [0.25, 0.3) is 11.6 Å². The maximum Gasteiger partial charge on any atom is 0.303 e. The summed E-state index contributed by atoms with van der Waals surface area (Å²) in [4.78, 5) is 79.4. The van der Waals surface area contributed by atoms with Gasteiger partial charge in [-0.15, -0.1) is 11.8 Å². The van der Waals surface area contributed by atoms with E-state index in [0.717, 1.165) is 17.8 Å². The van der Waals surface area contributed by atoms with E-state index in [1.54, 1.807) is 6.26 Å². The molecule has 254 valence electrons. The van der Waals surface area contributed by atoms with Gasteiger partial charge in [-0.2, -0.15) is 0 Å². The lowest BCUT2D eigenvalue weighted by Crippen LogP contribution is -2.54. The fourth-order valence-electron chi connectivity index (χ4n) is 3.06. The van der Waals surface area contributed by atoms with Gasteiger partial charge in [0.1, 0.15) is 18.4 Å². The SMILES string of the molecule is CC(C)C(C)(C)N.CSc1ccc([N+](=O)[O-])cc1C(=O)NC(CCC(=O)O)C(=O)NC(CCCCN)C(=O)NCC=O.NC=O. The molecule has 0 spiro atoms. The lowest BCUT2D eigenvalue weighted by atomic mass is 9.92. The minimum Gasteiger partial charge on any atom is -0.481 e. The number of nitro groups is 1. The first-order chi connectivity index (χ1) is 21.0. The molecule has 1 aromatic carbocycles. The molecule has 0 saturated heterocycles. The Labute approximate surface area is 267 Å². The molecule has 16 nitrogen and oxygen atoms in total. The lowest BCUT2D eigenvalue weighted by molar-refractivity contribution is -0.384. The predicted molar refractivity (Wildman–Crippen MR) is 170 cm³/mol. The fraction of sp³-hybridized carbons (Fsp3) is 0.571. The molecule has 17 heteroatoms. The van der Waals surface area contributed by atoms with Crippen LogP contribution in [-0.2, 0) is 24.0 Å². The zero-order valence-electron chi connectivity index (χ0n) is 26.4. The standard InChI is InChI=1S/C21H29N5O8S.C6H15N.CH3NO/c1-35-17-7-5-13(26(33)34)12-14(17)19(30)24-16(6-8-18(28)29)21(32)25-15(4-2-3-9-22)20(31)23-10-11-27;1-5(2)6(3,4)7;2-1-3/h5,7,11-12,15-16H,2-4,6,8-10,22H2,1H3,(H,23,31)(H,24,30)(H,25,32)(H,28,29);5H,7H2,1-4H3;1H,(H2,2,3). The topological polar surface area (TPSA) is 280 Å². The van der Waals surface area contributed by atoms with Crippen molar-refractivity contribution in [1.29, 1.82) is 0 Å². The van der Waals surface area contributed by atoms with Crippen LogP contribution in [0.4, 0.5) is 5.69 Å². The molecular formula is C28H47N7O9S. The normalized spacial score (nSPS) is 11.7. The second-order valence-corrected chi connectivity index (χ2v) is 11.3. The number of carboxylic acid groups (broad SMARTS) is 1. The Morgan fingerprint density at radius 3 is 2.07 bits per heavy atom. The number of primary amides is 1. The number of aldehydes is 1. The van der Waals surface area contributed by atoms with Gasteiger partial charge in [0.15, 0.2) is 0 Å². The summed E-state index contributed by atoms with van der Waals surface area (Å²) >= 11 is 1.16. The first-order valence-electron chi connectivity index (χ1n) is 14.0. The number of hydrogen-bond donors (Lipinski definition) is 7. The smallest absolute Gasteiger partial charge is 0.303 e. The molecule has 0 aliphatic carbocycles. The number of nitro benzene ring substituents is 1. The van der Waals surface area contributed by atoms with E-state index in [-0.39, 0.29) is 42.6 Å². The van der Waals surface area contributed by atoms with Crippen molar-refractivity contribution < 1.29 is 38.8 Å². The van der Waals surface area contributed by atoms with Gasteiger partial charge in [-0.05, 0) is 64.3 Å². The van der Waals surface area contributed by atoms with E-state index in [0.29, 0.717) is 36.5 Å². The molecule has 0 bridgehead atoms. The fourth-order valence-corrected chi connectivity index (χ4v) is 3.63. The summed E-state index contributed by atoms with van der Waals surface area (Å²) in [5.74, 6) is -2.87. The number of nitrogens with one attached hydrogen (secondary N) is 3. The minimum absolute atomic E-state index is 0. The summed E-state index contributed by atoms with van der Waals surface area (Å²) in [5.41, 5.74) is 14.9. The van der Waals surface area contributed by atoms with Gasteiger partial charge >= 0.3 is 5.97 Å². The van der Waals surface area contributed by atoms with E-state index >= 15 is 0 Å². The molecule has 0 heterocycles. The summed E-state index contributed by atoms with van der Waals surface area (Å²) in [6.07, 6.45) is 2.92. The van der Waals surface area contributed by atoms with Crippen LogP contribution in [0, 0.1) is 16.0 Å². The molecule has 0 radical (unpaired) electrons. The lowest BCUT2D eigenvalue weighted by Gasteiger charge is -2.23. The second-order valence-electron chi connectivity index (χ2n) is 10.5. The zero-order valence-corrected chi connectivity index (χ0v) is 27.2. The van der Waals surface area contributed by atoms with Gasteiger partial charge in [0.05, 0.1) is 17.0 Å². The Morgan fingerprint density at radius 2 is 1.62 bits per heavy atom. The largest absolute Gasteiger partial charge is 0.481 e. The Morgan fingerprint density at radius 1 is 1.07 bits per heavy atom. The van der Waals surface area contributed by atoms with Crippen LogP contribution in [0.25, 0.3) is 0 Å². The van der Waals surface area contributed by atoms with Crippen LogP contribution in [0.2, 0.25) is 0 Å². The number of benzene rings is 1. The maximum absolute atomic E-state index is 13.0. The molecule has 10 N–H and O–H groups in total. The van der Waals surface area contributed by atoms with Crippen molar-refractivity contribution in [2.24, 2.45) is 23.1 Å². The van der Waals surface area contributed by atoms with Gasteiger partial charge in [0.2, 0.25) is 18.2 Å². The number of non-ortho nitro benzene ring substituents is 1. The number of nitrogens with zero attached hydrogens (tertiary/aromatic N) is 1. The van der Waals surface area contributed by atoms with E-state index in [4.69, 9.17) is 21.4 Å². The van der Waals surface area contributed by atoms with Crippen molar-refractivity contribution in [3.05, 3.63) is 33.9 Å². The maximum atomic E-state index is 13.0. The average Bonchev–Trinajstić information content (AvgIpc) is 2.97. The van der Waals surface area contributed by atoms with Crippen molar-refractivity contribution in [2.75, 3.05) is 19.3 Å². The van der Waals surface area contributed by atoms with E-state index < -0.39 is 47.1 Å². The number of carboxylic acids is 1. The van der Waals surface area contributed by atoms with Gasteiger partial charge in [-0.3, -0.25) is 34.1 Å². The van der Waals surface area contributed by atoms with Gasteiger partial charge in [0, 0.05) is 29.0 Å². The van der Waals surface area contributed by atoms with Crippen LogP contribution < -0.4 is 33.2 Å². The second kappa shape index (κ2) is 23.3. The molecule has 2 unspecified atom stereocenters.